The Bertz CT molecular complexity index is 530. The minimum absolute atomic E-state index is 0.105. The smallest absolute Gasteiger partial charge is 0.227 e. The molecule has 1 aliphatic rings. The summed E-state index contributed by atoms with van der Waals surface area (Å²) in [5, 5.41) is 0.105. The van der Waals surface area contributed by atoms with Crippen LogP contribution in [0.4, 0.5) is 5.69 Å². The molecule has 1 aromatic rings. The maximum Gasteiger partial charge on any atom is 0.227 e. The van der Waals surface area contributed by atoms with E-state index < -0.39 is 0 Å². The minimum Gasteiger partial charge on any atom is -0.496 e. The van der Waals surface area contributed by atoms with Crippen molar-refractivity contribution >= 4 is 28.5 Å². The number of ether oxygens (including phenoxy) is 1. The normalized spacial score (nSPS) is 18.4. The maximum atomic E-state index is 12.2. The zero-order valence-electron chi connectivity index (χ0n) is 12.0. The molecule has 1 aliphatic heterocycles. The fourth-order valence-corrected chi connectivity index (χ4v) is 3.17. The zero-order valence-corrected chi connectivity index (χ0v) is 12.8. The average Bonchev–Trinajstić information content (AvgIpc) is 2.78. The Hall–Kier alpha value is -1.49. The van der Waals surface area contributed by atoms with E-state index in [4.69, 9.17) is 4.74 Å². The molecule has 1 saturated heterocycles. The molecule has 1 amide bonds. The molecule has 5 heteroatoms. The van der Waals surface area contributed by atoms with Gasteiger partial charge in [-0.05, 0) is 25.0 Å². The third kappa shape index (κ3) is 3.15. The third-order valence-corrected chi connectivity index (χ3v) is 4.54. The van der Waals surface area contributed by atoms with Crippen molar-refractivity contribution in [3.8, 4) is 5.75 Å². The van der Waals surface area contributed by atoms with Gasteiger partial charge in [0.2, 0.25) is 5.91 Å². The molecule has 0 aliphatic carbocycles. The first-order valence-electron chi connectivity index (χ1n) is 6.60. The van der Waals surface area contributed by atoms with Crippen LogP contribution in [0.3, 0.4) is 0 Å². The Kier molecular flexibility index (Phi) is 4.70. The summed E-state index contributed by atoms with van der Waals surface area (Å²) < 4.78 is 5.30. The summed E-state index contributed by atoms with van der Waals surface area (Å²) in [5.74, 6) is 1.86. The van der Waals surface area contributed by atoms with Crippen LogP contribution in [0.1, 0.15) is 18.9 Å². The number of hydrogen-bond donors (Lipinski definition) is 0. The molecular weight excluding hydrogens is 274 g/mol. The third-order valence-electron chi connectivity index (χ3n) is 3.49. The van der Waals surface area contributed by atoms with Crippen LogP contribution in [-0.4, -0.2) is 30.4 Å². The second-order valence-electron chi connectivity index (χ2n) is 4.98. The van der Waals surface area contributed by atoms with Crippen molar-refractivity contribution in [3.63, 3.8) is 0 Å². The molecule has 1 fully saturated rings. The van der Waals surface area contributed by atoms with Crippen LogP contribution in [0, 0.1) is 12.8 Å². The highest BCUT2D eigenvalue weighted by Crippen LogP contribution is 2.33. The van der Waals surface area contributed by atoms with Gasteiger partial charge in [0.25, 0.3) is 0 Å². The number of anilines is 1. The van der Waals surface area contributed by atoms with E-state index in [1.807, 2.05) is 30.0 Å². The van der Waals surface area contributed by atoms with E-state index in [0.717, 1.165) is 17.0 Å². The predicted octanol–water partition coefficient (Wildman–Crippen LogP) is 2.64. The molecule has 2 rings (SSSR count). The minimum atomic E-state index is 0.105. The topological polar surface area (TPSA) is 46.6 Å². The highest BCUT2D eigenvalue weighted by Gasteiger charge is 2.31. The van der Waals surface area contributed by atoms with Crippen LogP contribution in [0.15, 0.2) is 18.2 Å². The van der Waals surface area contributed by atoms with Gasteiger partial charge in [-0.2, -0.15) is 0 Å². The average molecular weight is 293 g/mol. The molecule has 20 heavy (non-hydrogen) atoms. The molecular formula is C15H19NO3S. The Labute approximate surface area is 123 Å². The van der Waals surface area contributed by atoms with Gasteiger partial charge in [0.05, 0.1) is 12.8 Å². The molecule has 0 spiro atoms. The highest BCUT2D eigenvalue weighted by atomic mass is 32.2. The molecule has 108 valence electrons. The standard InChI is InChI=1S/C15H19NO3S/c1-10-13(5-4-6-14(10)19-3)16-8-12(7-15(16)18)9-20-11(2)17/h4-6,12H,7-9H2,1-3H3. The molecule has 4 nitrogen and oxygen atoms in total. The van der Waals surface area contributed by atoms with Gasteiger partial charge in [-0.3, -0.25) is 9.59 Å². The monoisotopic (exact) mass is 293 g/mol. The Morgan fingerprint density at radius 1 is 1.50 bits per heavy atom. The van der Waals surface area contributed by atoms with E-state index >= 15 is 0 Å². The molecule has 1 aromatic carbocycles. The lowest BCUT2D eigenvalue weighted by Crippen LogP contribution is -2.25. The van der Waals surface area contributed by atoms with Crippen LogP contribution in [-0.2, 0) is 9.59 Å². The number of nitrogens with zero attached hydrogens (tertiary/aromatic N) is 1. The fourth-order valence-electron chi connectivity index (χ4n) is 2.48. The molecule has 0 aromatic heterocycles. The molecule has 1 heterocycles. The van der Waals surface area contributed by atoms with E-state index in [-0.39, 0.29) is 16.9 Å². The van der Waals surface area contributed by atoms with E-state index in [1.54, 1.807) is 14.0 Å². The van der Waals surface area contributed by atoms with Crippen LogP contribution >= 0.6 is 11.8 Å². The van der Waals surface area contributed by atoms with Gasteiger partial charge < -0.3 is 9.64 Å². The van der Waals surface area contributed by atoms with E-state index in [2.05, 4.69) is 0 Å². The summed E-state index contributed by atoms with van der Waals surface area (Å²) in [6, 6.07) is 5.73. The second-order valence-corrected chi connectivity index (χ2v) is 6.18. The number of carbonyl (C=O) groups excluding carboxylic acids is 2. The zero-order chi connectivity index (χ0) is 14.7. The van der Waals surface area contributed by atoms with Crippen molar-refractivity contribution in [1.29, 1.82) is 0 Å². The van der Waals surface area contributed by atoms with Crippen LogP contribution in [0.25, 0.3) is 0 Å². The molecule has 0 N–H and O–H groups in total. The number of hydrogen-bond acceptors (Lipinski definition) is 4. The second kappa shape index (κ2) is 6.31. The van der Waals surface area contributed by atoms with Gasteiger partial charge in [0.15, 0.2) is 5.12 Å². The summed E-state index contributed by atoms with van der Waals surface area (Å²) in [6.07, 6.45) is 0.511. The van der Waals surface area contributed by atoms with E-state index in [9.17, 15) is 9.59 Å². The van der Waals surface area contributed by atoms with Gasteiger partial charge in [0.1, 0.15) is 5.75 Å². The number of rotatable bonds is 4. The Morgan fingerprint density at radius 2 is 2.25 bits per heavy atom. The van der Waals surface area contributed by atoms with Crippen LogP contribution < -0.4 is 9.64 Å². The number of benzene rings is 1. The molecule has 0 bridgehead atoms. The molecule has 1 atom stereocenters. The van der Waals surface area contributed by atoms with Crippen molar-refractivity contribution in [3.05, 3.63) is 23.8 Å². The molecule has 0 saturated carbocycles. The number of carbonyl (C=O) groups is 2. The van der Waals surface area contributed by atoms with Gasteiger partial charge in [-0.1, -0.05) is 17.8 Å². The number of amides is 1. The van der Waals surface area contributed by atoms with Crippen molar-refractivity contribution in [2.75, 3.05) is 24.3 Å². The highest BCUT2D eigenvalue weighted by molar-refractivity contribution is 8.13. The number of methoxy groups -OCH3 is 1. The van der Waals surface area contributed by atoms with Crippen LogP contribution in [0.5, 0.6) is 5.75 Å². The molecule has 1 unspecified atom stereocenters. The number of thioether (sulfide) groups is 1. The largest absolute Gasteiger partial charge is 0.496 e. The van der Waals surface area contributed by atoms with E-state index in [1.165, 1.54) is 11.8 Å². The summed E-state index contributed by atoms with van der Waals surface area (Å²) >= 11 is 1.30. The lowest BCUT2D eigenvalue weighted by molar-refractivity contribution is -0.117. The van der Waals surface area contributed by atoms with Crippen molar-refractivity contribution < 1.29 is 14.3 Å². The van der Waals surface area contributed by atoms with E-state index in [0.29, 0.717) is 18.7 Å². The summed E-state index contributed by atoms with van der Waals surface area (Å²) in [4.78, 5) is 25.0. The Balaban J connectivity index is 2.14. The first kappa shape index (κ1) is 14.9. The summed E-state index contributed by atoms with van der Waals surface area (Å²) in [7, 11) is 1.63. The van der Waals surface area contributed by atoms with Crippen molar-refractivity contribution in [2.24, 2.45) is 5.92 Å². The lowest BCUT2D eigenvalue weighted by Gasteiger charge is -2.20. The summed E-state index contributed by atoms with van der Waals surface area (Å²) in [6.45, 7) is 4.19. The van der Waals surface area contributed by atoms with Crippen molar-refractivity contribution in [1.82, 2.24) is 0 Å². The van der Waals surface area contributed by atoms with Gasteiger partial charge >= 0.3 is 0 Å². The Morgan fingerprint density at radius 3 is 2.90 bits per heavy atom. The lowest BCUT2D eigenvalue weighted by atomic mass is 10.1. The fraction of sp³-hybridized carbons (Fsp3) is 0.467. The quantitative estimate of drug-likeness (QED) is 0.856. The molecule has 0 radical (unpaired) electrons. The van der Waals surface area contributed by atoms with Crippen LogP contribution in [0.2, 0.25) is 0 Å². The summed E-state index contributed by atoms with van der Waals surface area (Å²) in [5.41, 5.74) is 1.88. The van der Waals surface area contributed by atoms with Crippen molar-refractivity contribution in [2.45, 2.75) is 20.3 Å². The SMILES string of the molecule is COc1cccc(N2CC(CSC(C)=O)CC2=O)c1C. The van der Waals surface area contributed by atoms with Gasteiger partial charge in [0, 0.05) is 31.2 Å². The first-order chi connectivity index (χ1) is 9.52. The predicted molar refractivity (Wildman–Crippen MR) is 81.3 cm³/mol. The maximum absolute atomic E-state index is 12.2. The van der Waals surface area contributed by atoms with Gasteiger partial charge in [-0.25, -0.2) is 0 Å². The first-order valence-corrected chi connectivity index (χ1v) is 7.58. The van der Waals surface area contributed by atoms with Gasteiger partial charge in [-0.15, -0.1) is 0 Å².